The lowest BCUT2D eigenvalue weighted by Crippen LogP contribution is -2.24. The molecule has 4 heteroatoms. The number of benzene rings is 1. The van der Waals surface area contributed by atoms with Crippen LogP contribution in [0.15, 0.2) is 29.3 Å². The summed E-state index contributed by atoms with van der Waals surface area (Å²) in [7, 11) is 0. The quantitative estimate of drug-likeness (QED) is 0.865. The zero-order valence-corrected chi connectivity index (χ0v) is 10.2. The van der Waals surface area contributed by atoms with Gasteiger partial charge in [0.1, 0.15) is 12.4 Å². The van der Waals surface area contributed by atoms with Crippen LogP contribution >= 0.6 is 0 Å². The maximum absolute atomic E-state index is 5.78. The largest absolute Gasteiger partial charge is 0.489 e. The van der Waals surface area contributed by atoms with Gasteiger partial charge in [0.25, 0.3) is 6.02 Å². The fourth-order valence-corrected chi connectivity index (χ4v) is 1.80. The van der Waals surface area contributed by atoms with Crippen LogP contribution in [-0.4, -0.2) is 25.3 Å². The molecular formula is C13H18N2O2. The molecule has 0 bridgehead atoms. The summed E-state index contributed by atoms with van der Waals surface area (Å²) in [6.07, 6.45) is -0.0600. The summed E-state index contributed by atoms with van der Waals surface area (Å²) < 4.78 is 11.1. The monoisotopic (exact) mass is 234 g/mol. The third-order valence-electron chi connectivity index (χ3n) is 2.70. The van der Waals surface area contributed by atoms with Crippen molar-refractivity contribution >= 4 is 6.02 Å². The number of nitrogens with zero attached hydrogens (tertiary/aromatic N) is 1. The van der Waals surface area contributed by atoms with Crippen LogP contribution in [0, 0.1) is 0 Å². The molecule has 1 aromatic rings. The Kier molecular flexibility index (Phi) is 3.52. The summed E-state index contributed by atoms with van der Waals surface area (Å²) in [6.45, 7) is 5.36. The molecule has 2 rings (SSSR count). The Bertz CT molecular complexity index is 416. The number of amidine groups is 1. The van der Waals surface area contributed by atoms with Gasteiger partial charge >= 0.3 is 0 Å². The van der Waals surface area contributed by atoms with Gasteiger partial charge in [0.2, 0.25) is 0 Å². The van der Waals surface area contributed by atoms with Crippen LogP contribution in [0.5, 0.6) is 5.75 Å². The molecule has 17 heavy (non-hydrogen) atoms. The summed E-state index contributed by atoms with van der Waals surface area (Å²) in [5.74, 6) is 1.36. The second-order valence-electron chi connectivity index (χ2n) is 4.42. The number of para-hydroxylation sites is 1. The number of hydrogen-bond donors (Lipinski definition) is 1. The van der Waals surface area contributed by atoms with Gasteiger partial charge in [-0.25, -0.2) is 4.99 Å². The molecule has 0 saturated heterocycles. The van der Waals surface area contributed by atoms with Crippen LogP contribution < -0.4 is 10.5 Å². The molecule has 1 aromatic carbocycles. The predicted octanol–water partition coefficient (Wildman–Crippen LogP) is 1.90. The fourth-order valence-electron chi connectivity index (χ4n) is 1.80. The molecule has 1 heterocycles. The van der Waals surface area contributed by atoms with Gasteiger partial charge in [-0.2, -0.15) is 0 Å². The molecule has 0 spiro atoms. The molecule has 1 unspecified atom stereocenters. The first kappa shape index (κ1) is 11.8. The molecular weight excluding hydrogens is 216 g/mol. The highest BCUT2D eigenvalue weighted by atomic mass is 16.5. The van der Waals surface area contributed by atoms with E-state index >= 15 is 0 Å². The van der Waals surface area contributed by atoms with Gasteiger partial charge in [-0.15, -0.1) is 0 Å². The number of hydrogen-bond acceptors (Lipinski definition) is 4. The Morgan fingerprint density at radius 2 is 2.24 bits per heavy atom. The Labute approximate surface area is 101 Å². The third-order valence-corrected chi connectivity index (χ3v) is 2.70. The van der Waals surface area contributed by atoms with Gasteiger partial charge in [-0.05, 0) is 17.5 Å². The first-order chi connectivity index (χ1) is 8.16. The Morgan fingerprint density at radius 3 is 2.88 bits per heavy atom. The summed E-state index contributed by atoms with van der Waals surface area (Å²) in [5, 5.41) is 0. The van der Waals surface area contributed by atoms with E-state index in [1.165, 1.54) is 5.56 Å². The van der Waals surface area contributed by atoms with Crippen LogP contribution in [0.4, 0.5) is 0 Å². The van der Waals surface area contributed by atoms with E-state index in [0.29, 0.717) is 19.1 Å². The van der Waals surface area contributed by atoms with E-state index in [1.807, 2.05) is 18.2 Å². The van der Waals surface area contributed by atoms with Gasteiger partial charge in [0, 0.05) is 0 Å². The second-order valence-corrected chi connectivity index (χ2v) is 4.42. The van der Waals surface area contributed by atoms with Crippen LogP contribution in [-0.2, 0) is 4.74 Å². The van der Waals surface area contributed by atoms with E-state index in [9.17, 15) is 0 Å². The smallest absolute Gasteiger partial charge is 0.282 e. The van der Waals surface area contributed by atoms with Gasteiger partial charge in [-0.3, -0.25) is 0 Å². The molecule has 1 aliphatic rings. The highest BCUT2D eigenvalue weighted by Crippen LogP contribution is 2.26. The van der Waals surface area contributed by atoms with Crippen LogP contribution in [0.25, 0.3) is 0 Å². The van der Waals surface area contributed by atoms with Crippen molar-refractivity contribution in [2.75, 3.05) is 13.2 Å². The van der Waals surface area contributed by atoms with Gasteiger partial charge in [-0.1, -0.05) is 32.0 Å². The summed E-state index contributed by atoms with van der Waals surface area (Å²) >= 11 is 0. The third kappa shape index (κ3) is 2.90. The highest BCUT2D eigenvalue weighted by Gasteiger charge is 2.18. The van der Waals surface area contributed by atoms with E-state index in [2.05, 4.69) is 24.9 Å². The normalized spacial score (nSPS) is 19.0. The van der Waals surface area contributed by atoms with Crippen molar-refractivity contribution < 1.29 is 9.47 Å². The molecule has 92 valence electrons. The Morgan fingerprint density at radius 1 is 1.47 bits per heavy atom. The minimum Gasteiger partial charge on any atom is -0.489 e. The van der Waals surface area contributed by atoms with Gasteiger partial charge in [0.15, 0.2) is 6.10 Å². The lowest BCUT2D eigenvalue weighted by Gasteiger charge is -2.16. The maximum Gasteiger partial charge on any atom is 0.282 e. The number of nitrogens with two attached hydrogens (primary N) is 1. The van der Waals surface area contributed by atoms with Crippen molar-refractivity contribution in [3.8, 4) is 5.75 Å². The predicted molar refractivity (Wildman–Crippen MR) is 67.4 cm³/mol. The number of aliphatic imine (C=N–C) groups is 1. The SMILES string of the molecule is CC(C)c1ccccc1OCC1CN=C(N)O1. The molecule has 0 amide bonds. The summed E-state index contributed by atoms with van der Waals surface area (Å²) in [6, 6.07) is 8.32. The van der Waals surface area contributed by atoms with Crippen molar-refractivity contribution in [3.05, 3.63) is 29.8 Å². The molecule has 0 saturated carbocycles. The molecule has 0 radical (unpaired) electrons. The van der Waals surface area contributed by atoms with Gasteiger partial charge < -0.3 is 15.2 Å². The first-order valence-corrected chi connectivity index (χ1v) is 5.85. The topological polar surface area (TPSA) is 56.8 Å². The standard InChI is InChI=1S/C13H18N2O2/c1-9(2)11-5-3-4-6-12(11)16-8-10-7-15-13(14)17-10/h3-6,9-10H,7-8H2,1-2H3,(H2,14,15). The van der Waals surface area contributed by atoms with Gasteiger partial charge in [0.05, 0.1) is 6.54 Å². The first-order valence-electron chi connectivity index (χ1n) is 5.85. The van der Waals surface area contributed by atoms with E-state index < -0.39 is 0 Å². The van der Waals surface area contributed by atoms with Crippen LogP contribution in [0.3, 0.4) is 0 Å². The minimum atomic E-state index is -0.0600. The molecule has 1 aliphatic heterocycles. The Balaban J connectivity index is 1.95. The average molecular weight is 234 g/mol. The average Bonchev–Trinajstić information content (AvgIpc) is 2.73. The maximum atomic E-state index is 5.78. The molecule has 0 fully saturated rings. The van der Waals surface area contributed by atoms with Crippen molar-refractivity contribution in [1.82, 2.24) is 0 Å². The van der Waals surface area contributed by atoms with E-state index in [0.717, 1.165) is 5.75 Å². The fraction of sp³-hybridized carbons (Fsp3) is 0.462. The summed E-state index contributed by atoms with van der Waals surface area (Å²) in [5.41, 5.74) is 6.65. The minimum absolute atomic E-state index is 0.0600. The van der Waals surface area contributed by atoms with E-state index in [4.69, 9.17) is 15.2 Å². The summed E-state index contributed by atoms with van der Waals surface area (Å²) in [4.78, 5) is 3.98. The zero-order valence-electron chi connectivity index (χ0n) is 10.2. The second kappa shape index (κ2) is 5.08. The Hall–Kier alpha value is -1.71. The molecule has 0 aliphatic carbocycles. The molecule has 2 N–H and O–H groups in total. The lowest BCUT2D eigenvalue weighted by molar-refractivity contribution is 0.140. The highest BCUT2D eigenvalue weighted by molar-refractivity contribution is 5.73. The van der Waals surface area contributed by atoms with Crippen LogP contribution in [0.1, 0.15) is 25.3 Å². The number of ether oxygens (including phenoxy) is 2. The van der Waals surface area contributed by atoms with E-state index in [1.54, 1.807) is 0 Å². The molecule has 1 atom stereocenters. The zero-order chi connectivity index (χ0) is 12.3. The van der Waals surface area contributed by atoms with Crippen molar-refractivity contribution in [2.45, 2.75) is 25.9 Å². The van der Waals surface area contributed by atoms with Crippen molar-refractivity contribution in [2.24, 2.45) is 10.7 Å². The lowest BCUT2D eigenvalue weighted by atomic mass is 10.0. The van der Waals surface area contributed by atoms with Crippen molar-refractivity contribution in [3.63, 3.8) is 0 Å². The van der Waals surface area contributed by atoms with E-state index in [-0.39, 0.29) is 12.1 Å². The van der Waals surface area contributed by atoms with Crippen LogP contribution in [0.2, 0.25) is 0 Å². The molecule has 4 nitrogen and oxygen atoms in total. The van der Waals surface area contributed by atoms with Crippen molar-refractivity contribution in [1.29, 1.82) is 0 Å². The molecule has 0 aromatic heterocycles. The number of rotatable bonds is 4.